The fourth-order valence-electron chi connectivity index (χ4n) is 2.13. The lowest BCUT2D eigenvalue weighted by atomic mass is 10.2. The monoisotopic (exact) mass is 390 g/mol. The maximum Gasteiger partial charge on any atom is 0.230 e. The van der Waals surface area contributed by atoms with Crippen molar-refractivity contribution in [2.24, 2.45) is 0 Å². The van der Waals surface area contributed by atoms with Gasteiger partial charge in [-0.2, -0.15) is 0 Å². The summed E-state index contributed by atoms with van der Waals surface area (Å²) >= 11 is 4.51. The van der Waals surface area contributed by atoms with Gasteiger partial charge in [0, 0.05) is 11.4 Å². The first-order chi connectivity index (χ1) is 12.2. The molecule has 3 aromatic rings. The fourth-order valence-corrected chi connectivity index (χ4v) is 4.43. The lowest BCUT2D eigenvalue weighted by Gasteiger charge is -2.11. The standard InChI is InChI=1S/C17H18N4OS3/c1-12(14-8-5-9-23-14)19-15(22)11-24-17-21-20-16(25-17)18-10-13-6-3-2-4-7-13/h2-9,12H,10-11H2,1H3,(H,18,20)(H,19,22)/t12-/m1/s1. The first-order valence-corrected chi connectivity index (χ1v) is 10.5. The van der Waals surface area contributed by atoms with Gasteiger partial charge in [-0.15, -0.1) is 21.5 Å². The molecule has 0 bridgehead atoms. The molecule has 2 aromatic heterocycles. The Morgan fingerprint density at radius 1 is 1.20 bits per heavy atom. The number of nitrogens with one attached hydrogen (secondary N) is 2. The van der Waals surface area contributed by atoms with E-state index in [1.165, 1.54) is 28.7 Å². The summed E-state index contributed by atoms with van der Waals surface area (Å²) in [5.74, 6) is 0.336. The molecule has 0 aliphatic carbocycles. The Kier molecular flexibility index (Phi) is 6.43. The average molecular weight is 391 g/mol. The van der Waals surface area contributed by atoms with Gasteiger partial charge in [0.2, 0.25) is 11.0 Å². The molecular formula is C17H18N4OS3. The number of nitrogens with zero attached hydrogens (tertiary/aromatic N) is 2. The van der Waals surface area contributed by atoms with Crippen LogP contribution in [0.25, 0.3) is 0 Å². The third kappa shape index (κ3) is 5.55. The van der Waals surface area contributed by atoms with Gasteiger partial charge in [-0.1, -0.05) is 59.5 Å². The zero-order chi connectivity index (χ0) is 17.5. The molecule has 0 saturated carbocycles. The van der Waals surface area contributed by atoms with Crippen LogP contribution in [0.4, 0.5) is 5.13 Å². The number of hydrogen-bond donors (Lipinski definition) is 2. The highest BCUT2D eigenvalue weighted by atomic mass is 32.2. The number of benzene rings is 1. The first-order valence-electron chi connectivity index (χ1n) is 7.77. The molecule has 0 radical (unpaired) electrons. The smallest absolute Gasteiger partial charge is 0.230 e. The molecule has 0 spiro atoms. The minimum atomic E-state index is -0.0000975. The van der Waals surface area contributed by atoms with E-state index in [-0.39, 0.29) is 11.9 Å². The highest BCUT2D eigenvalue weighted by molar-refractivity contribution is 8.01. The molecular weight excluding hydrogens is 372 g/mol. The van der Waals surface area contributed by atoms with Crippen LogP contribution in [-0.2, 0) is 11.3 Å². The molecule has 8 heteroatoms. The van der Waals surface area contributed by atoms with Crippen LogP contribution < -0.4 is 10.6 Å². The van der Waals surface area contributed by atoms with Gasteiger partial charge in [0.05, 0.1) is 11.8 Å². The van der Waals surface area contributed by atoms with Gasteiger partial charge in [0.15, 0.2) is 4.34 Å². The van der Waals surface area contributed by atoms with E-state index in [1.807, 2.05) is 42.6 Å². The second-order valence-electron chi connectivity index (χ2n) is 5.31. The molecule has 1 atom stereocenters. The van der Waals surface area contributed by atoms with E-state index in [9.17, 15) is 4.79 Å². The van der Waals surface area contributed by atoms with Crippen LogP contribution in [-0.4, -0.2) is 21.9 Å². The predicted molar refractivity (Wildman–Crippen MR) is 105 cm³/mol. The number of carbonyl (C=O) groups is 1. The van der Waals surface area contributed by atoms with Crippen molar-refractivity contribution in [1.29, 1.82) is 0 Å². The highest BCUT2D eigenvalue weighted by Gasteiger charge is 2.12. The average Bonchev–Trinajstić information content (AvgIpc) is 3.31. The normalized spacial score (nSPS) is 11.9. The zero-order valence-corrected chi connectivity index (χ0v) is 16.1. The predicted octanol–water partition coefficient (Wildman–Crippen LogP) is 4.18. The topological polar surface area (TPSA) is 66.9 Å². The minimum Gasteiger partial charge on any atom is -0.356 e. The van der Waals surface area contributed by atoms with E-state index in [0.29, 0.717) is 12.3 Å². The van der Waals surface area contributed by atoms with E-state index in [4.69, 9.17) is 0 Å². The van der Waals surface area contributed by atoms with E-state index < -0.39 is 0 Å². The minimum absolute atomic E-state index is 0.0000975. The summed E-state index contributed by atoms with van der Waals surface area (Å²) in [6.45, 7) is 2.70. The van der Waals surface area contributed by atoms with Crippen LogP contribution in [0.1, 0.15) is 23.4 Å². The van der Waals surface area contributed by atoms with Gasteiger partial charge < -0.3 is 10.6 Å². The van der Waals surface area contributed by atoms with Crippen molar-refractivity contribution in [3.8, 4) is 0 Å². The van der Waals surface area contributed by atoms with Crippen molar-refractivity contribution in [1.82, 2.24) is 15.5 Å². The summed E-state index contributed by atoms with van der Waals surface area (Å²) in [4.78, 5) is 13.2. The first kappa shape index (κ1) is 17.9. The molecule has 0 fully saturated rings. The van der Waals surface area contributed by atoms with E-state index in [2.05, 4.69) is 33.0 Å². The summed E-state index contributed by atoms with van der Waals surface area (Å²) in [7, 11) is 0. The molecule has 0 aliphatic heterocycles. The number of aromatic nitrogens is 2. The molecule has 3 rings (SSSR count). The van der Waals surface area contributed by atoms with Crippen LogP contribution in [0.15, 0.2) is 52.2 Å². The van der Waals surface area contributed by atoms with Crippen LogP contribution in [0.3, 0.4) is 0 Å². The second-order valence-corrected chi connectivity index (χ2v) is 8.48. The van der Waals surface area contributed by atoms with Crippen LogP contribution in [0, 0.1) is 0 Å². The van der Waals surface area contributed by atoms with Gasteiger partial charge in [-0.25, -0.2) is 0 Å². The molecule has 0 saturated heterocycles. The van der Waals surface area contributed by atoms with Gasteiger partial charge in [0.25, 0.3) is 0 Å². The Bertz CT molecular complexity index is 789. The van der Waals surface area contributed by atoms with Crippen LogP contribution >= 0.6 is 34.4 Å². The summed E-state index contributed by atoms with van der Waals surface area (Å²) in [5, 5.41) is 17.3. The molecule has 0 aliphatic rings. The Morgan fingerprint density at radius 3 is 2.80 bits per heavy atom. The number of carbonyl (C=O) groups excluding carboxylic acids is 1. The molecule has 5 nitrogen and oxygen atoms in total. The molecule has 1 amide bonds. The number of thioether (sulfide) groups is 1. The summed E-state index contributed by atoms with van der Waals surface area (Å²) in [6, 6.07) is 14.2. The maximum absolute atomic E-state index is 12.1. The summed E-state index contributed by atoms with van der Waals surface area (Å²) < 4.78 is 0.787. The van der Waals surface area contributed by atoms with Crippen molar-refractivity contribution in [3.63, 3.8) is 0 Å². The Labute approximate surface area is 158 Å². The lowest BCUT2D eigenvalue weighted by molar-refractivity contribution is -0.119. The van der Waals surface area contributed by atoms with E-state index >= 15 is 0 Å². The number of anilines is 1. The Balaban J connectivity index is 1.43. The van der Waals surface area contributed by atoms with Gasteiger partial charge in [-0.05, 0) is 23.9 Å². The molecule has 2 N–H and O–H groups in total. The highest BCUT2D eigenvalue weighted by Crippen LogP contribution is 2.26. The third-order valence-corrected chi connectivity index (χ3v) is 6.44. The van der Waals surface area contributed by atoms with Gasteiger partial charge >= 0.3 is 0 Å². The summed E-state index contributed by atoms with van der Waals surface area (Å²) in [6.07, 6.45) is 0. The second kappa shape index (κ2) is 8.98. The quantitative estimate of drug-likeness (QED) is 0.565. The molecule has 0 unspecified atom stereocenters. The van der Waals surface area contributed by atoms with Crippen molar-refractivity contribution in [2.75, 3.05) is 11.1 Å². The van der Waals surface area contributed by atoms with Crippen molar-refractivity contribution in [2.45, 2.75) is 23.8 Å². The Morgan fingerprint density at radius 2 is 2.04 bits per heavy atom. The molecule has 25 heavy (non-hydrogen) atoms. The molecule has 1 aromatic carbocycles. The van der Waals surface area contributed by atoms with E-state index in [1.54, 1.807) is 11.3 Å². The fraction of sp³-hybridized carbons (Fsp3) is 0.235. The molecule has 130 valence electrons. The zero-order valence-electron chi connectivity index (χ0n) is 13.6. The SMILES string of the molecule is C[C@@H](NC(=O)CSc1nnc(NCc2ccccc2)s1)c1cccs1. The molecule has 2 heterocycles. The Hall–Kier alpha value is -1.90. The largest absolute Gasteiger partial charge is 0.356 e. The van der Waals surface area contributed by atoms with Crippen LogP contribution in [0.5, 0.6) is 0 Å². The van der Waals surface area contributed by atoms with Crippen molar-refractivity contribution >= 4 is 45.5 Å². The maximum atomic E-state index is 12.1. The third-order valence-electron chi connectivity index (χ3n) is 3.37. The van der Waals surface area contributed by atoms with E-state index in [0.717, 1.165) is 14.3 Å². The van der Waals surface area contributed by atoms with Gasteiger partial charge in [0.1, 0.15) is 0 Å². The number of thiophene rings is 1. The van der Waals surface area contributed by atoms with Gasteiger partial charge in [-0.3, -0.25) is 4.79 Å². The van der Waals surface area contributed by atoms with Crippen LogP contribution in [0.2, 0.25) is 0 Å². The number of hydrogen-bond acceptors (Lipinski definition) is 7. The van der Waals surface area contributed by atoms with Crippen molar-refractivity contribution in [3.05, 3.63) is 58.3 Å². The number of rotatable bonds is 8. The number of amides is 1. The van der Waals surface area contributed by atoms with Crippen molar-refractivity contribution < 1.29 is 4.79 Å². The summed E-state index contributed by atoms with van der Waals surface area (Å²) in [5.41, 5.74) is 1.19. The lowest BCUT2D eigenvalue weighted by Crippen LogP contribution is -2.27.